The number of hydrogen-bond acceptors (Lipinski definition) is 2. The van der Waals surface area contributed by atoms with Crippen molar-refractivity contribution in [3.63, 3.8) is 0 Å². The maximum atomic E-state index is 14.0. The third kappa shape index (κ3) is 4.52. The van der Waals surface area contributed by atoms with Crippen molar-refractivity contribution in [2.75, 3.05) is 0 Å². The van der Waals surface area contributed by atoms with Crippen molar-refractivity contribution in [2.24, 2.45) is 0 Å². The van der Waals surface area contributed by atoms with Gasteiger partial charge in [0.2, 0.25) is 5.91 Å². The maximum absolute atomic E-state index is 14.0. The number of nitrogens with zero attached hydrogens (tertiary/aromatic N) is 2. The van der Waals surface area contributed by atoms with Gasteiger partial charge in [-0.1, -0.05) is 80.3 Å². The first kappa shape index (κ1) is 23.4. The zero-order valence-corrected chi connectivity index (χ0v) is 20.8. The molecule has 2 amide bonds. The molecule has 2 heterocycles. The fourth-order valence-corrected chi connectivity index (χ4v) is 5.60. The van der Waals surface area contributed by atoms with Gasteiger partial charge in [-0.15, -0.1) is 0 Å². The Balaban J connectivity index is 1.54. The quantitative estimate of drug-likeness (QED) is 0.486. The minimum Gasteiger partial charge on any atom is -0.351 e. The molecule has 0 unspecified atom stereocenters. The average molecular weight is 470 g/mol. The van der Waals surface area contributed by atoms with Crippen molar-refractivity contribution in [2.45, 2.75) is 77.0 Å². The van der Waals surface area contributed by atoms with Crippen LogP contribution in [0.5, 0.6) is 0 Å². The lowest BCUT2D eigenvalue weighted by Crippen LogP contribution is -2.64. The largest absolute Gasteiger partial charge is 0.351 e. The molecule has 1 fully saturated rings. The minimum absolute atomic E-state index is 0.0512. The highest BCUT2D eigenvalue weighted by Gasteiger charge is 2.48. The summed E-state index contributed by atoms with van der Waals surface area (Å²) in [5.41, 5.74) is 3.84. The summed E-state index contributed by atoms with van der Waals surface area (Å²) in [6.07, 6.45) is 6.78. The fraction of sp³-hybridized carbons (Fsp3) is 0.400. The van der Waals surface area contributed by atoms with Crippen LogP contribution in [-0.2, 0) is 17.9 Å². The molecule has 5 heteroatoms. The summed E-state index contributed by atoms with van der Waals surface area (Å²) >= 11 is 0. The molecule has 5 rings (SSSR count). The normalized spacial score (nSPS) is 20.9. The van der Waals surface area contributed by atoms with Gasteiger partial charge in [-0.3, -0.25) is 9.59 Å². The molecule has 1 saturated carbocycles. The Kier molecular flexibility index (Phi) is 6.50. The zero-order valence-electron chi connectivity index (χ0n) is 20.8. The Labute approximate surface area is 208 Å². The van der Waals surface area contributed by atoms with Crippen molar-refractivity contribution in [1.29, 1.82) is 0 Å². The third-order valence-corrected chi connectivity index (χ3v) is 7.85. The molecule has 1 aliphatic carbocycles. The van der Waals surface area contributed by atoms with Crippen molar-refractivity contribution in [1.82, 2.24) is 14.8 Å². The lowest BCUT2D eigenvalue weighted by atomic mass is 9.92. The van der Waals surface area contributed by atoms with Gasteiger partial charge in [0.25, 0.3) is 5.91 Å². The van der Waals surface area contributed by atoms with E-state index in [0.29, 0.717) is 18.8 Å². The van der Waals surface area contributed by atoms with Crippen molar-refractivity contribution >= 4 is 11.8 Å². The highest BCUT2D eigenvalue weighted by Crippen LogP contribution is 2.35. The number of hydrogen-bond donors (Lipinski definition) is 1. The molecular formula is C30H35N3O2. The number of aryl methyl sites for hydroxylation is 1. The Morgan fingerprint density at radius 3 is 2.29 bits per heavy atom. The SMILES string of the molecule is Cc1ccccc1CN1C(=O)c2ccc(-c3ccccc3)n2C[C@]1(C)C(=O)NC1CCCCCC1. The molecule has 3 aromatic rings. The Hall–Kier alpha value is -3.34. The van der Waals surface area contributed by atoms with E-state index < -0.39 is 5.54 Å². The Bertz CT molecular complexity index is 1210. The summed E-state index contributed by atoms with van der Waals surface area (Å²) < 4.78 is 2.04. The van der Waals surface area contributed by atoms with Crippen LogP contribution in [0.2, 0.25) is 0 Å². The number of aromatic nitrogens is 1. The molecule has 5 nitrogen and oxygen atoms in total. The molecule has 2 aliphatic rings. The second kappa shape index (κ2) is 9.73. The Morgan fingerprint density at radius 2 is 1.57 bits per heavy atom. The van der Waals surface area contributed by atoms with E-state index in [1.807, 2.05) is 54.0 Å². The molecule has 0 spiro atoms. The van der Waals surface area contributed by atoms with Gasteiger partial charge in [0.05, 0.1) is 6.54 Å². The maximum Gasteiger partial charge on any atom is 0.271 e. The first-order valence-corrected chi connectivity index (χ1v) is 12.9. The lowest BCUT2D eigenvalue weighted by molar-refractivity contribution is -0.134. The van der Waals surface area contributed by atoms with E-state index in [4.69, 9.17) is 0 Å². The van der Waals surface area contributed by atoms with Crippen LogP contribution in [0.1, 0.15) is 67.1 Å². The van der Waals surface area contributed by atoms with Gasteiger partial charge >= 0.3 is 0 Å². The van der Waals surface area contributed by atoms with E-state index in [1.165, 1.54) is 12.8 Å². The topological polar surface area (TPSA) is 54.3 Å². The molecular weight excluding hydrogens is 434 g/mol. The van der Waals surface area contributed by atoms with Crippen LogP contribution in [-0.4, -0.2) is 32.9 Å². The molecule has 0 bridgehead atoms. The molecule has 1 N–H and O–H groups in total. The second-order valence-corrected chi connectivity index (χ2v) is 10.3. The van der Waals surface area contributed by atoms with Gasteiger partial charge in [-0.2, -0.15) is 0 Å². The van der Waals surface area contributed by atoms with Crippen LogP contribution < -0.4 is 5.32 Å². The van der Waals surface area contributed by atoms with Gasteiger partial charge in [0, 0.05) is 18.3 Å². The highest BCUT2D eigenvalue weighted by atomic mass is 16.2. The number of carbonyl (C=O) groups is 2. The molecule has 0 saturated heterocycles. The van der Waals surface area contributed by atoms with E-state index in [1.54, 1.807) is 4.90 Å². The molecule has 1 atom stereocenters. The number of carbonyl (C=O) groups excluding carboxylic acids is 2. The van der Waals surface area contributed by atoms with Crippen molar-refractivity contribution in [3.05, 3.63) is 83.6 Å². The summed E-state index contributed by atoms with van der Waals surface area (Å²) in [6.45, 7) is 4.83. The summed E-state index contributed by atoms with van der Waals surface area (Å²) in [5, 5.41) is 3.36. The molecule has 2 aromatic carbocycles. The van der Waals surface area contributed by atoms with E-state index >= 15 is 0 Å². The summed E-state index contributed by atoms with van der Waals surface area (Å²) in [5.74, 6) is -0.148. The number of rotatable bonds is 5. The van der Waals surface area contributed by atoms with Gasteiger partial charge in [0.1, 0.15) is 11.2 Å². The van der Waals surface area contributed by atoms with Gasteiger partial charge in [-0.25, -0.2) is 0 Å². The first-order chi connectivity index (χ1) is 17.0. The predicted molar refractivity (Wildman–Crippen MR) is 139 cm³/mol. The molecule has 1 aliphatic heterocycles. The Morgan fingerprint density at radius 1 is 0.914 bits per heavy atom. The van der Waals surface area contributed by atoms with Crippen LogP contribution in [0, 0.1) is 6.92 Å². The predicted octanol–water partition coefficient (Wildman–Crippen LogP) is 5.72. The number of amides is 2. The molecule has 35 heavy (non-hydrogen) atoms. The van der Waals surface area contributed by atoms with Gasteiger partial charge < -0.3 is 14.8 Å². The van der Waals surface area contributed by atoms with E-state index in [9.17, 15) is 9.59 Å². The van der Waals surface area contributed by atoms with Crippen LogP contribution in [0.3, 0.4) is 0 Å². The standard InChI is InChI=1S/C30H35N3O2/c1-22-12-10-11-15-24(22)20-33-28(34)27-19-18-26(23-13-6-5-7-14-23)32(27)21-30(33,2)29(35)31-25-16-8-3-4-9-17-25/h5-7,10-15,18-19,25H,3-4,8-9,16-17,20-21H2,1-2H3,(H,31,35)/t30-/m1/s1. The highest BCUT2D eigenvalue weighted by molar-refractivity contribution is 6.00. The average Bonchev–Trinajstić information content (AvgIpc) is 3.11. The van der Waals surface area contributed by atoms with Crippen LogP contribution >= 0.6 is 0 Å². The summed E-state index contributed by atoms with van der Waals surface area (Å²) in [6, 6.07) is 22.3. The molecule has 0 radical (unpaired) electrons. The van der Waals surface area contributed by atoms with Gasteiger partial charge in [-0.05, 0) is 55.5 Å². The summed E-state index contributed by atoms with van der Waals surface area (Å²) in [4.78, 5) is 29.8. The smallest absolute Gasteiger partial charge is 0.271 e. The number of benzene rings is 2. The van der Waals surface area contributed by atoms with E-state index in [-0.39, 0.29) is 17.9 Å². The summed E-state index contributed by atoms with van der Waals surface area (Å²) in [7, 11) is 0. The number of fused-ring (bicyclic) bond motifs is 1. The van der Waals surface area contributed by atoms with Crippen LogP contribution in [0.15, 0.2) is 66.7 Å². The van der Waals surface area contributed by atoms with Crippen LogP contribution in [0.25, 0.3) is 11.3 Å². The van der Waals surface area contributed by atoms with Crippen molar-refractivity contribution < 1.29 is 9.59 Å². The van der Waals surface area contributed by atoms with E-state index in [0.717, 1.165) is 48.1 Å². The monoisotopic (exact) mass is 469 g/mol. The molecule has 1 aromatic heterocycles. The fourth-order valence-electron chi connectivity index (χ4n) is 5.60. The molecule has 182 valence electrons. The van der Waals surface area contributed by atoms with Gasteiger partial charge in [0.15, 0.2) is 0 Å². The zero-order chi connectivity index (χ0) is 24.4. The third-order valence-electron chi connectivity index (χ3n) is 7.85. The minimum atomic E-state index is -0.999. The second-order valence-electron chi connectivity index (χ2n) is 10.3. The van der Waals surface area contributed by atoms with Crippen molar-refractivity contribution in [3.8, 4) is 11.3 Å². The lowest BCUT2D eigenvalue weighted by Gasteiger charge is -2.45. The number of nitrogens with one attached hydrogen (secondary N) is 1. The van der Waals surface area contributed by atoms with E-state index in [2.05, 4.69) is 36.5 Å². The van der Waals surface area contributed by atoms with Crippen LogP contribution in [0.4, 0.5) is 0 Å². The first-order valence-electron chi connectivity index (χ1n) is 12.9.